The molecule has 0 atom stereocenters. The Balaban J connectivity index is 2.83. The monoisotopic (exact) mass is 182 g/mol. The van der Waals surface area contributed by atoms with Gasteiger partial charge >= 0.3 is 6.03 Å². The normalized spacial score (nSPS) is 9.38. The fourth-order valence-electron chi connectivity index (χ4n) is 0.800. The van der Waals surface area contributed by atoms with Crippen LogP contribution in [0.2, 0.25) is 0 Å². The van der Waals surface area contributed by atoms with E-state index >= 15 is 0 Å². The largest absolute Gasteiger partial charge is 0.508 e. The highest BCUT2D eigenvalue weighted by molar-refractivity contribution is 5.90. The fraction of sp³-hybridized carbons (Fsp3) is 0. The molecule has 0 aliphatic carbocycles. The molecule has 0 spiro atoms. The van der Waals surface area contributed by atoms with Crippen molar-refractivity contribution in [3.8, 4) is 5.75 Å². The third kappa shape index (κ3) is 2.08. The number of nitrogens with zero attached hydrogens (tertiary/aromatic N) is 1. The first-order valence-electron chi connectivity index (χ1n) is 3.49. The molecule has 0 bridgehead atoms. The van der Waals surface area contributed by atoms with Gasteiger partial charge in [-0.15, -0.1) is 0 Å². The number of carbonyl (C=O) groups is 1. The highest BCUT2D eigenvalue weighted by Gasteiger charge is 2.08. The van der Waals surface area contributed by atoms with Gasteiger partial charge in [-0.3, -0.25) is 5.43 Å². The van der Waals surface area contributed by atoms with Crippen LogP contribution in [0.4, 0.5) is 10.5 Å². The maximum absolute atomic E-state index is 10.9. The van der Waals surface area contributed by atoms with E-state index in [1.165, 1.54) is 24.3 Å². The van der Waals surface area contributed by atoms with Gasteiger partial charge < -0.3 is 5.11 Å². The molecule has 0 aliphatic rings. The highest BCUT2D eigenvalue weighted by atomic mass is 16.3. The van der Waals surface area contributed by atoms with Crippen molar-refractivity contribution in [2.75, 3.05) is 5.01 Å². The second kappa shape index (κ2) is 3.74. The minimum Gasteiger partial charge on any atom is -0.508 e. The molecular weight excluding hydrogens is 172 g/mol. The number of nitrogens with two attached hydrogens (primary N) is 2. The topological polar surface area (TPSA) is 105 Å². The number of anilines is 1. The molecule has 0 aliphatic heterocycles. The number of hydrogen-bond acceptors (Lipinski definition) is 4. The Morgan fingerprint density at radius 3 is 2.38 bits per heavy atom. The zero-order valence-corrected chi connectivity index (χ0v) is 6.77. The molecule has 0 radical (unpaired) electrons. The van der Waals surface area contributed by atoms with E-state index in [0.717, 1.165) is 5.01 Å². The van der Waals surface area contributed by atoms with Gasteiger partial charge in [0.05, 0.1) is 5.69 Å². The number of nitrogens with one attached hydrogen (secondary N) is 1. The van der Waals surface area contributed by atoms with Gasteiger partial charge in [0.25, 0.3) is 0 Å². The third-order valence-corrected chi connectivity index (χ3v) is 1.47. The van der Waals surface area contributed by atoms with Crippen LogP contribution in [0, 0.1) is 0 Å². The molecule has 0 saturated heterocycles. The first-order valence-corrected chi connectivity index (χ1v) is 3.49. The first kappa shape index (κ1) is 9.30. The van der Waals surface area contributed by atoms with Crippen molar-refractivity contribution in [3.05, 3.63) is 24.3 Å². The molecule has 1 rings (SSSR count). The Kier molecular flexibility index (Phi) is 2.68. The quantitative estimate of drug-likeness (QED) is 0.271. The Labute approximate surface area is 74.7 Å². The van der Waals surface area contributed by atoms with Gasteiger partial charge in [-0.25, -0.2) is 21.5 Å². The zero-order valence-electron chi connectivity index (χ0n) is 6.77. The molecular formula is C7H10N4O2. The summed E-state index contributed by atoms with van der Waals surface area (Å²) in [6, 6.07) is 5.18. The summed E-state index contributed by atoms with van der Waals surface area (Å²) in [4.78, 5) is 10.9. The molecule has 1 aromatic carbocycles. The maximum Gasteiger partial charge on any atom is 0.350 e. The second-order valence-electron chi connectivity index (χ2n) is 2.34. The molecule has 2 amide bonds. The van der Waals surface area contributed by atoms with E-state index in [2.05, 4.69) is 0 Å². The summed E-state index contributed by atoms with van der Waals surface area (Å²) >= 11 is 0. The van der Waals surface area contributed by atoms with E-state index in [1.54, 1.807) is 0 Å². The Bertz CT molecular complexity index is 298. The van der Waals surface area contributed by atoms with Crippen LogP contribution < -0.4 is 22.1 Å². The molecule has 6 N–H and O–H groups in total. The highest BCUT2D eigenvalue weighted by Crippen LogP contribution is 2.15. The summed E-state index contributed by atoms with van der Waals surface area (Å²) in [7, 11) is 0. The van der Waals surface area contributed by atoms with Crippen molar-refractivity contribution in [2.45, 2.75) is 0 Å². The number of phenols is 1. The second-order valence-corrected chi connectivity index (χ2v) is 2.34. The van der Waals surface area contributed by atoms with Gasteiger partial charge in [-0.1, -0.05) is 0 Å². The van der Waals surface area contributed by atoms with E-state index in [4.69, 9.17) is 16.8 Å². The van der Waals surface area contributed by atoms with Crippen LogP contribution in [0.3, 0.4) is 0 Å². The molecule has 70 valence electrons. The number of urea groups is 1. The van der Waals surface area contributed by atoms with Crippen molar-refractivity contribution in [1.29, 1.82) is 0 Å². The summed E-state index contributed by atoms with van der Waals surface area (Å²) in [6.45, 7) is 0. The van der Waals surface area contributed by atoms with Gasteiger partial charge in [0.2, 0.25) is 0 Å². The van der Waals surface area contributed by atoms with E-state index in [1.807, 2.05) is 5.43 Å². The van der Waals surface area contributed by atoms with Gasteiger partial charge in [0, 0.05) is 0 Å². The first-order chi connectivity index (χ1) is 6.15. The minimum atomic E-state index is -0.634. The summed E-state index contributed by atoms with van der Waals surface area (Å²) in [5.41, 5.74) is 2.31. The maximum atomic E-state index is 10.9. The summed E-state index contributed by atoms with van der Waals surface area (Å²) < 4.78 is 0. The Morgan fingerprint density at radius 1 is 1.38 bits per heavy atom. The summed E-state index contributed by atoms with van der Waals surface area (Å²) in [5, 5.41) is 9.78. The van der Waals surface area contributed by atoms with Crippen LogP contribution in [-0.2, 0) is 0 Å². The number of phenolic OH excluding ortho intramolecular Hbond substituents is 1. The third-order valence-electron chi connectivity index (χ3n) is 1.47. The van der Waals surface area contributed by atoms with Gasteiger partial charge in [-0.05, 0) is 24.3 Å². The average Bonchev–Trinajstić information content (AvgIpc) is 2.17. The molecule has 0 saturated carbocycles. The smallest absolute Gasteiger partial charge is 0.350 e. The molecule has 0 aromatic heterocycles. The lowest BCUT2D eigenvalue weighted by Crippen LogP contribution is -2.47. The standard InChI is InChI=1S/C7H10N4O2/c8-10-7(13)11(9)5-1-3-6(12)4-2-5/h1-4,12H,8-9H2,(H,10,13). The molecule has 0 unspecified atom stereocenters. The number of aromatic hydroxyl groups is 1. The summed E-state index contributed by atoms with van der Waals surface area (Å²) in [6.07, 6.45) is 0. The predicted octanol–water partition coefficient (Wildman–Crippen LogP) is -0.344. The van der Waals surface area contributed by atoms with Crippen molar-refractivity contribution in [3.63, 3.8) is 0 Å². The summed E-state index contributed by atoms with van der Waals surface area (Å²) in [5.74, 6) is 10.3. The minimum absolute atomic E-state index is 0.102. The van der Waals surface area contributed by atoms with Gasteiger partial charge in [0.1, 0.15) is 5.75 Å². The van der Waals surface area contributed by atoms with Crippen molar-refractivity contribution in [1.82, 2.24) is 5.43 Å². The average molecular weight is 182 g/mol. The van der Waals surface area contributed by atoms with Crippen molar-refractivity contribution >= 4 is 11.7 Å². The van der Waals surface area contributed by atoms with Crippen LogP contribution in [0.25, 0.3) is 0 Å². The van der Waals surface area contributed by atoms with Crippen LogP contribution >= 0.6 is 0 Å². The zero-order chi connectivity index (χ0) is 9.84. The van der Waals surface area contributed by atoms with E-state index < -0.39 is 6.03 Å². The van der Waals surface area contributed by atoms with Gasteiger partial charge in [-0.2, -0.15) is 0 Å². The molecule has 13 heavy (non-hydrogen) atoms. The Morgan fingerprint density at radius 2 is 1.92 bits per heavy atom. The van der Waals surface area contributed by atoms with Gasteiger partial charge in [0.15, 0.2) is 0 Å². The fourth-order valence-corrected chi connectivity index (χ4v) is 0.800. The number of hydrogen-bond donors (Lipinski definition) is 4. The molecule has 1 aromatic rings. The molecule has 0 heterocycles. The van der Waals surface area contributed by atoms with E-state index in [9.17, 15) is 4.79 Å². The number of carbonyl (C=O) groups excluding carboxylic acids is 1. The molecule has 6 heteroatoms. The Hall–Kier alpha value is -1.79. The SMILES string of the molecule is NNC(=O)N(N)c1ccc(O)cc1. The lowest BCUT2D eigenvalue weighted by atomic mass is 10.3. The van der Waals surface area contributed by atoms with E-state index in [-0.39, 0.29) is 5.75 Å². The van der Waals surface area contributed by atoms with Crippen LogP contribution in [0.5, 0.6) is 5.75 Å². The van der Waals surface area contributed by atoms with Crippen LogP contribution in [-0.4, -0.2) is 11.1 Å². The number of amides is 2. The predicted molar refractivity (Wildman–Crippen MR) is 47.5 cm³/mol. The number of benzene rings is 1. The van der Waals surface area contributed by atoms with Crippen LogP contribution in [0.15, 0.2) is 24.3 Å². The van der Waals surface area contributed by atoms with Crippen molar-refractivity contribution < 1.29 is 9.90 Å². The lowest BCUT2D eigenvalue weighted by Gasteiger charge is -2.15. The molecule has 6 nitrogen and oxygen atoms in total. The van der Waals surface area contributed by atoms with E-state index in [0.29, 0.717) is 5.69 Å². The lowest BCUT2D eigenvalue weighted by molar-refractivity contribution is 0.246. The van der Waals surface area contributed by atoms with Crippen LogP contribution in [0.1, 0.15) is 0 Å². The van der Waals surface area contributed by atoms with Crippen molar-refractivity contribution in [2.24, 2.45) is 11.7 Å². The number of rotatable bonds is 1. The number of hydrazine groups is 2. The molecule has 0 fully saturated rings.